The predicted octanol–water partition coefficient (Wildman–Crippen LogP) is 2.63. The lowest BCUT2D eigenvalue weighted by Gasteiger charge is -2.36. The summed E-state index contributed by atoms with van der Waals surface area (Å²) in [7, 11) is 0. The first-order chi connectivity index (χ1) is 12.3. The summed E-state index contributed by atoms with van der Waals surface area (Å²) >= 11 is 1.53. The van der Waals surface area contributed by atoms with Crippen molar-refractivity contribution in [3.63, 3.8) is 0 Å². The molecule has 2 amide bonds. The lowest BCUT2D eigenvalue weighted by atomic mass is 10.1. The first kappa shape index (κ1) is 19.0. The molecule has 2 saturated heterocycles. The van der Waals surface area contributed by atoms with E-state index in [0.717, 1.165) is 4.90 Å². The van der Waals surface area contributed by atoms with E-state index in [-0.39, 0.29) is 24.1 Å². The van der Waals surface area contributed by atoms with Gasteiger partial charge in [0.2, 0.25) is 5.91 Å². The Bertz CT molecular complexity index is 647. The smallest absolute Gasteiger partial charge is 0.410 e. The molecule has 142 valence electrons. The fraction of sp³-hybridized carbons (Fsp3) is 0.579. The van der Waals surface area contributed by atoms with E-state index in [1.807, 2.05) is 56.0 Å². The Balaban J connectivity index is 1.59. The molecule has 1 aromatic rings. The molecule has 0 radical (unpaired) electrons. The van der Waals surface area contributed by atoms with Crippen LogP contribution in [0, 0.1) is 0 Å². The van der Waals surface area contributed by atoms with E-state index in [1.54, 1.807) is 4.90 Å². The molecule has 26 heavy (non-hydrogen) atoms. The number of likely N-dealkylation sites (tertiary alicyclic amines) is 1. The third kappa shape index (κ3) is 4.71. The van der Waals surface area contributed by atoms with Crippen LogP contribution in [-0.4, -0.2) is 71.5 Å². The number of hydrogen-bond donors (Lipinski definition) is 0. The first-order valence-electron chi connectivity index (χ1n) is 8.90. The molecule has 0 saturated carbocycles. The third-order valence-corrected chi connectivity index (χ3v) is 5.38. The molecule has 6 nitrogen and oxygen atoms in total. The van der Waals surface area contributed by atoms with Crippen molar-refractivity contribution < 1.29 is 19.1 Å². The maximum Gasteiger partial charge on any atom is 0.410 e. The Morgan fingerprint density at radius 2 is 1.96 bits per heavy atom. The van der Waals surface area contributed by atoms with Gasteiger partial charge in [-0.1, -0.05) is 18.2 Å². The van der Waals surface area contributed by atoms with E-state index >= 15 is 0 Å². The lowest BCUT2D eigenvalue weighted by Crippen LogP contribution is -2.53. The van der Waals surface area contributed by atoms with Crippen LogP contribution in [0.1, 0.15) is 20.8 Å². The highest BCUT2D eigenvalue weighted by atomic mass is 32.2. The molecular weight excluding hydrogens is 352 g/mol. The summed E-state index contributed by atoms with van der Waals surface area (Å²) in [6, 6.07) is 9.79. The van der Waals surface area contributed by atoms with Crippen LogP contribution in [0.25, 0.3) is 0 Å². The van der Waals surface area contributed by atoms with Crippen LogP contribution >= 0.6 is 11.8 Å². The predicted molar refractivity (Wildman–Crippen MR) is 100 cm³/mol. The van der Waals surface area contributed by atoms with Gasteiger partial charge in [0.1, 0.15) is 5.60 Å². The van der Waals surface area contributed by atoms with Crippen molar-refractivity contribution in [1.29, 1.82) is 0 Å². The fourth-order valence-corrected chi connectivity index (χ4v) is 4.02. The molecule has 0 bridgehead atoms. The van der Waals surface area contributed by atoms with Gasteiger partial charge in [0.15, 0.2) is 0 Å². The first-order valence-corrected chi connectivity index (χ1v) is 9.89. The number of thioether (sulfide) groups is 1. The standard InChI is InChI=1S/C19H26N2O4S/c1-19(2,3)25-18(23)20-11-15-16(12-20)24-10-9-21(15)17(22)13-26-14-7-5-4-6-8-14/h4-8,15-16H,9-13H2,1-3H3/t15-,16+/m1/s1. The summed E-state index contributed by atoms with van der Waals surface area (Å²) in [6.07, 6.45) is -0.483. The maximum atomic E-state index is 12.7. The molecule has 2 aliphatic rings. The van der Waals surface area contributed by atoms with Gasteiger partial charge in [-0.3, -0.25) is 4.79 Å². The van der Waals surface area contributed by atoms with Crippen molar-refractivity contribution in [1.82, 2.24) is 9.80 Å². The molecule has 0 aromatic heterocycles. The molecule has 0 N–H and O–H groups in total. The quantitative estimate of drug-likeness (QED) is 0.757. The van der Waals surface area contributed by atoms with Crippen molar-refractivity contribution in [2.75, 3.05) is 32.0 Å². The molecule has 0 unspecified atom stereocenters. The Labute approximate surface area is 158 Å². The average molecular weight is 378 g/mol. The number of morpholine rings is 1. The van der Waals surface area contributed by atoms with Crippen molar-refractivity contribution in [2.45, 2.75) is 43.4 Å². The number of fused-ring (bicyclic) bond motifs is 1. The summed E-state index contributed by atoms with van der Waals surface area (Å²) in [6.45, 7) is 7.54. The zero-order chi connectivity index (χ0) is 18.7. The summed E-state index contributed by atoms with van der Waals surface area (Å²) in [5.74, 6) is 0.475. The molecule has 2 aliphatic heterocycles. The molecule has 3 rings (SSSR count). The molecule has 2 fully saturated rings. The van der Waals surface area contributed by atoms with Gasteiger partial charge in [-0.05, 0) is 32.9 Å². The van der Waals surface area contributed by atoms with Crippen LogP contribution in [0.3, 0.4) is 0 Å². The van der Waals surface area contributed by atoms with E-state index in [0.29, 0.717) is 32.0 Å². The van der Waals surface area contributed by atoms with Crippen LogP contribution in [0.5, 0.6) is 0 Å². The van der Waals surface area contributed by atoms with Crippen LogP contribution in [0.4, 0.5) is 4.79 Å². The van der Waals surface area contributed by atoms with E-state index in [4.69, 9.17) is 9.47 Å². The second-order valence-corrected chi connectivity index (χ2v) is 8.60. The topological polar surface area (TPSA) is 59.1 Å². The zero-order valence-electron chi connectivity index (χ0n) is 15.5. The number of ether oxygens (including phenoxy) is 2. The summed E-state index contributed by atoms with van der Waals surface area (Å²) < 4.78 is 11.3. The second-order valence-electron chi connectivity index (χ2n) is 7.55. The Morgan fingerprint density at radius 3 is 2.65 bits per heavy atom. The van der Waals surface area contributed by atoms with Gasteiger partial charge in [0.25, 0.3) is 0 Å². The van der Waals surface area contributed by atoms with Gasteiger partial charge in [-0.2, -0.15) is 0 Å². The van der Waals surface area contributed by atoms with Gasteiger partial charge in [-0.25, -0.2) is 4.79 Å². The van der Waals surface area contributed by atoms with Crippen molar-refractivity contribution in [2.24, 2.45) is 0 Å². The third-order valence-electron chi connectivity index (χ3n) is 4.38. The normalized spacial score (nSPS) is 22.9. The number of amides is 2. The van der Waals surface area contributed by atoms with E-state index < -0.39 is 5.60 Å². The van der Waals surface area contributed by atoms with Gasteiger partial charge in [0.05, 0.1) is 31.1 Å². The molecule has 7 heteroatoms. The van der Waals surface area contributed by atoms with E-state index in [1.165, 1.54) is 11.8 Å². The fourth-order valence-electron chi connectivity index (χ4n) is 3.22. The number of carbonyl (C=O) groups excluding carboxylic acids is 2. The molecule has 0 spiro atoms. The number of hydrogen-bond acceptors (Lipinski definition) is 5. The van der Waals surface area contributed by atoms with Gasteiger partial charge >= 0.3 is 6.09 Å². The molecule has 2 heterocycles. The monoisotopic (exact) mass is 378 g/mol. The average Bonchev–Trinajstić information content (AvgIpc) is 3.03. The van der Waals surface area contributed by atoms with Gasteiger partial charge in [-0.15, -0.1) is 11.8 Å². The van der Waals surface area contributed by atoms with Crippen molar-refractivity contribution in [3.8, 4) is 0 Å². The number of nitrogens with zero attached hydrogens (tertiary/aromatic N) is 2. The highest BCUT2D eigenvalue weighted by Crippen LogP contribution is 2.26. The molecule has 0 aliphatic carbocycles. The van der Waals surface area contributed by atoms with Crippen molar-refractivity contribution in [3.05, 3.63) is 30.3 Å². The minimum Gasteiger partial charge on any atom is -0.444 e. The number of benzene rings is 1. The van der Waals surface area contributed by atoms with E-state index in [9.17, 15) is 9.59 Å². The van der Waals surface area contributed by atoms with Crippen molar-refractivity contribution >= 4 is 23.8 Å². The maximum absolute atomic E-state index is 12.7. The SMILES string of the molecule is CC(C)(C)OC(=O)N1C[C@@H]2OCCN(C(=O)CSc3ccccc3)[C@@H]2C1. The molecule has 2 atom stereocenters. The summed E-state index contributed by atoms with van der Waals surface area (Å²) in [5.41, 5.74) is -0.534. The van der Waals surface area contributed by atoms with Crippen LogP contribution in [-0.2, 0) is 14.3 Å². The van der Waals surface area contributed by atoms with Gasteiger partial charge < -0.3 is 19.3 Å². The van der Waals surface area contributed by atoms with Crippen LogP contribution in [0.15, 0.2) is 35.2 Å². The summed E-state index contributed by atoms with van der Waals surface area (Å²) in [4.78, 5) is 29.7. The van der Waals surface area contributed by atoms with Gasteiger partial charge in [0, 0.05) is 18.0 Å². The largest absolute Gasteiger partial charge is 0.444 e. The van der Waals surface area contributed by atoms with E-state index in [2.05, 4.69) is 0 Å². The molecule has 1 aromatic carbocycles. The minimum absolute atomic E-state index is 0.0863. The summed E-state index contributed by atoms with van der Waals surface area (Å²) in [5, 5.41) is 0. The Hall–Kier alpha value is -1.73. The zero-order valence-corrected chi connectivity index (χ0v) is 16.3. The molecular formula is C19H26N2O4S. The number of rotatable bonds is 3. The van der Waals surface area contributed by atoms with Crippen LogP contribution in [0.2, 0.25) is 0 Å². The Kier molecular flexibility index (Phi) is 5.77. The number of carbonyl (C=O) groups is 2. The Morgan fingerprint density at radius 1 is 1.23 bits per heavy atom. The minimum atomic E-state index is -0.534. The second kappa shape index (κ2) is 7.88. The highest BCUT2D eigenvalue weighted by Gasteiger charge is 2.44. The highest BCUT2D eigenvalue weighted by molar-refractivity contribution is 8.00. The van der Waals surface area contributed by atoms with Crippen LogP contribution < -0.4 is 0 Å². The lowest BCUT2D eigenvalue weighted by molar-refractivity contribution is -0.139.